The highest BCUT2D eigenvalue weighted by atomic mass is 35.5. The summed E-state index contributed by atoms with van der Waals surface area (Å²) in [4.78, 5) is 26.0. The van der Waals surface area contributed by atoms with E-state index < -0.39 is 11.7 Å². The van der Waals surface area contributed by atoms with Gasteiger partial charge in [-0.05, 0) is 48.0 Å². The molecule has 0 unspecified atom stereocenters. The lowest BCUT2D eigenvalue weighted by Crippen LogP contribution is -2.24. The van der Waals surface area contributed by atoms with Crippen molar-refractivity contribution in [2.75, 3.05) is 5.32 Å². The van der Waals surface area contributed by atoms with Crippen LogP contribution < -0.4 is 5.32 Å². The lowest BCUT2D eigenvalue weighted by Gasteiger charge is -2.10. The lowest BCUT2D eigenvalue weighted by molar-refractivity contribution is -0.112. The number of carbonyl (C=O) groups excluding carboxylic acids is 2. The summed E-state index contributed by atoms with van der Waals surface area (Å²) in [5.74, 6) is -1.58. The summed E-state index contributed by atoms with van der Waals surface area (Å²) in [7, 11) is 0. The van der Waals surface area contributed by atoms with Gasteiger partial charge in [0.15, 0.2) is 0 Å². The van der Waals surface area contributed by atoms with E-state index in [2.05, 4.69) is 5.32 Å². The van der Waals surface area contributed by atoms with Crippen LogP contribution >= 0.6 is 46.4 Å². The first-order valence-corrected chi connectivity index (χ1v) is 10.2. The highest BCUT2D eigenvalue weighted by molar-refractivity contribution is 6.49. The number of ketones is 1. The number of hydrogen-bond acceptors (Lipinski definition) is 2. The standard InChI is InChI=1S/C22H12Cl4N2O2/c23-13-6-4-12(5-7-13)15-9-14-3-1-2-8-28(14)20(15)21(29)22(30)27-19-11-17(25)16(24)10-18(19)26/h1-11H,(H,27,30). The van der Waals surface area contributed by atoms with Crippen molar-refractivity contribution in [1.29, 1.82) is 0 Å². The molecule has 0 atom stereocenters. The van der Waals surface area contributed by atoms with Crippen molar-refractivity contribution in [3.63, 3.8) is 0 Å². The number of aromatic nitrogens is 1. The second-order valence-electron chi connectivity index (χ2n) is 6.44. The monoisotopic (exact) mass is 476 g/mol. The molecule has 0 fully saturated rings. The quantitative estimate of drug-likeness (QED) is 0.194. The minimum atomic E-state index is -0.852. The third-order valence-corrected chi connectivity index (χ3v) is 5.80. The molecule has 0 bridgehead atoms. The molecule has 4 nitrogen and oxygen atoms in total. The van der Waals surface area contributed by atoms with Gasteiger partial charge in [-0.1, -0.05) is 64.6 Å². The molecule has 0 radical (unpaired) electrons. The van der Waals surface area contributed by atoms with Gasteiger partial charge in [0.05, 0.1) is 20.8 Å². The molecule has 4 rings (SSSR count). The minimum Gasteiger partial charge on any atom is -0.318 e. The van der Waals surface area contributed by atoms with Gasteiger partial charge in [-0.2, -0.15) is 0 Å². The van der Waals surface area contributed by atoms with Crippen LogP contribution in [0.25, 0.3) is 16.6 Å². The predicted octanol–water partition coefficient (Wildman–Crippen LogP) is 7.04. The number of carbonyl (C=O) groups is 2. The van der Waals surface area contributed by atoms with Crippen molar-refractivity contribution in [3.05, 3.63) is 92.6 Å². The smallest absolute Gasteiger partial charge is 0.298 e. The summed E-state index contributed by atoms with van der Waals surface area (Å²) in [6, 6.07) is 17.2. The normalized spacial score (nSPS) is 10.9. The molecule has 30 heavy (non-hydrogen) atoms. The van der Waals surface area contributed by atoms with Gasteiger partial charge < -0.3 is 9.72 Å². The molecule has 1 N–H and O–H groups in total. The molecule has 0 spiro atoms. The van der Waals surface area contributed by atoms with Gasteiger partial charge in [-0.3, -0.25) is 9.59 Å². The molecule has 150 valence electrons. The van der Waals surface area contributed by atoms with E-state index in [1.165, 1.54) is 12.1 Å². The van der Waals surface area contributed by atoms with Crippen LogP contribution in [0.2, 0.25) is 20.1 Å². The van der Waals surface area contributed by atoms with Crippen LogP contribution in [0.15, 0.2) is 66.9 Å². The molecule has 4 aromatic rings. The van der Waals surface area contributed by atoms with Crippen molar-refractivity contribution < 1.29 is 9.59 Å². The number of rotatable bonds is 4. The summed E-state index contributed by atoms with van der Waals surface area (Å²) >= 11 is 24.0. The molecule has 2 aromatic carbocycles. The number of anilines is 1. The maximum Gasteiger partial charge on any atom is 0.298 e. The zero-order valence-electron chi connectivity index (χ0n) is 15.1. The fourth-order valence-corrected chi connectivity index (χ4v) is 3.83. The zero-order chi connectivity index (χ0) is 21.4. The first-order valence-electron chi connectivity index (χ1n) is 8.71. The third-order valence-electron chi connectivity index (χ3n) is 4.51. The summed E-state index contributed by atoms with van der Waals surface area (Å²) < 4.78 is 1.67. The Kier molecular flexibility index (Phi) is 5.76. The molecular weight excluding hydrogens is 466 g/mol. The molecule has 0 saturated heterocycles. The first kappa shape index (κ1) is 20.8. The minimum absolute atomic E-state index is 0.170. The van der Waals surface area contributed by atoms with Gasteiger partial charge in [-0.15, -0.1) is 0 Å². The summed E-state index contributed by atoms with van der Waals surface area (Å²) in [6.07, 6.45) is 1.72. The first-order chi connectivity index (χ1) is 14.3. The number of fused-ring (bicyclic) bond motifs is 1. The van der Waals surface area contributed by atoms with Crippen LogP contribution in [0.5, 0.6) is 0 Å². The second kappa shape index (κ2) is 8.32. The Morgan fingerprint density at radius 1 is 0.800 bits per heavy atom. The Labute approximate surface area is 191 Å². The zero-order valence-corrected chi connectivity index (χ0v) is 18.2. The van der Waals surface area contributed by atoms with Gasteiger partial charge in [0.2, 0.25) is 0 Å². The van der Waals surface area contributed by atoms with Gasteiger partial charge in [0, 0.05) is 22.3 Å². The van der Waals surface area contributed by atoms with Gasteiger partial charge in [0.1, 0.15) is 5.69 Å². The largest absolute Gasteiger partial charge is 0.318 e. The Morgan fingerprint density at radius 2 is 1.50 bits per heavy atom. The second-order valence-corrected chi connectivity index (χ2v) is 8.10. The number of halogens is 4. The van der Waals surface area contributed by atoms with Crippen molar-refractivity contribution in [2.24, 2.45) is 0 Å². The summed E-state index contributed by atoms with van der Waals surface area (Å²) in [6.45, 7) is 0. The number of pyridine rings is 1. The van der Waals surface area contributed by atoms with Crippen LogP contribution in [-0.2, 0) is 4.79 Å². The van der Waals surface area contributed by atoms with E-state index in [-0.39, 0.29) is 26.4 Å². The maximum absolute atomic E-state index is 13.2. The summed E-state index contributed by atoms with van der Waals surface area (Å²) in [5, 5.41) is 3.71. The lowest BCUT2D eigenvalue weighted by atomic mass is 10.0. The molecular formula is C22H12Cl4N2O2. The van der Waals surface area contributed by atoms with E-state index >= 15 is 0 Å². The SMILES string of the molecule is O=C(Nc1cc(Cl)c(Cl)cc1Cl)C(=O)c1c(-c2ccc(Cl)cc2)cc2ccccn12. The van der Waals surface area contributed by atoms with Crippen LogP contribution in [0.3, 0.4) is 0 Å². The van der Waals surface area contributed by atoms with Crippen molar-refractivity contribution >= 4 is 69.3 Å². The van der Waals surface area contributed by atoms with E-state index in [1.54, 1.807) is 40.9 Å². The van der Waals surface area contributed by atoms with Crippen LogP contribution in [-0.4, -0.2) is 16.1 Å². The van der Waals surface area contributed by atoms with Gasteiger partial charge in [0.25, 0.3) is 11.7 Å². The highest BCUT2D eigenvalue weighted by Gasteiger charge is 2.25. The van der Waals surface area contributed by atoms with Crippen LogP contribution in [0, 0.1) is 0 Å². The van der Waals surface area contributed by atoms with Crippen LogP contribution in [0.4, 0.5) is 5.69 Å². The molecule has 8 heteroatoms. The fraction of sp³-hybridized carbons (Fsp3) is 0. The Bertz CT molecular complexity index is 1300. The van der Waals surface area contributed by atoms with Gasteiger partial charge >= 0.3 is 0 Å². The Hall–Kier alpha value is -2.50. The number of hydrogen-bond donors (Lipinski definition) is 1. The highest BCUT2D eigenvalue weighted by Crippen LogP contribution is 2.33. The number of nitrogens with one attached hydrogen (secondary N) is 1. The number of benzene rings is 2. The van der Waals surface area contributed by atoms with E-state index in [1.807, 2.05) is 18.2 Å². The topological polar surface area (TPSA) is 50.6 Å². The fourth-order valence-electron chi connectivity index (χ4n) is 3.11. The number of Topliss-reactive ketones (excluding diaryl/α,β-unsaturated/α-hetero) is 1. The molecule has 1 amide bonds. The van der Waals surface area contributed by atoms with Crippen molar-refractivity contribution in [3.8, 4) is 11.1 Å². The average molecular weight is 478 g/mol. The van der Waals surface area contributed by atoms with Crippen LogP contribution in [0.1, 0.15) is 10.5 Å². The van der Waals surface area contributed by atoms with Crippen molar-refractivity contribution in [1.82, 2.24) is 4.40 Å². The maximum atomic E-state index is 13.2. The van der Waals surface area contributed by atoms with E-state index in [9.17, 15) is 9.59 Å². The summed E-state index contributed by atoms with van der Waals surface area (Å²) in [5.41, 5.74) is 2.55. The number of amides is 1. The predicted molar refractivity (Wildman–Crippen MR) is 122 cm³/mol. The Balaban J connectivity index is 1.77. The number of nitrogens with zero attached hydrogens (tertiary/aromatic N) is 1. The molecule has 0 saturated carbocycles. The average Bonchev–Trinajstić information content (AvgIpc) is 3.11. The third kappa shape index (κ3) is 3.92. The molecule has 0 aliphatic rings. The van der Waals surface area contributed by atoms with Crippen molar-refractivity contribution in [2.45, 2.75) is 0 Å². The van der Waals surface area contributed by atoms with E-state index in [0.29, 0.717) is 10.6 Å². The Morgan fingerprint density at radius 3 is 2.23 bits per heavy atom. The molecule has 0 aliphatic carbocycles. The molecule has 2 heterocycles. The van der Waals surface area contributed by atoms with E-state index in [4.69, 9.17) is 46.4 Å². The van der Waals surface area contributed by atoms with E-state index in [0.717, 1.165) is 11.1 Å². The molecule has 0 aliphatic heterocycles. The van der Waals surface area contributed by atoms with Gasteiger partial charge in [-0.25, -0.2) is 0 Å². The molecule has 2 aromatic heterocycles.